The summed E-state index contributed by atoms with van der Waals surface area (Å²) < 4.78 is 10.9. The number of hydrogen-bond acceptors (Lipinski definition) is 4. The number of rotatable bonds is 6. The van der Waals surface area contributed by atoms with E-state index in [1.807, 2.05) is 30.0 Å². The summed E-state index contributed by atoms with van der Waals surface area (Å²) >= 11 is 0. The highest BCUT2D eigenvalue weighted by molar-refractivity contribution is 5.98. The van der Waals surface area contributed by atoms with Gasteiger partial charge in [0.25, 0.3) is 5.91 Å². The van der Waals surface area contributed by atoms with Crippen LogP contribution in [0.25, 0.3) is 0 Å². The van der Waals surface area contributed by atoms with Crippen molar-refractivity contribution in [1.29, 1.82) is 0 Å². The van der Waals surface area contributed by atoms with Crippen molar-refractivity contribution in [1.82, 2.24) is 4.90 Å². The molecule has 5 heteroatoms. The summed E-state index contributed by atoms with van der Waals surface area (Å²) in [5, 5.41) is 0. The minimum absolute atomic E-state index is 0.0402. The predicted octanol–water partition coefficient (Wildman–Crippen LogP) is 3.60. The van der Waals surface area contributed by atoms with Crippen LogP contribution in [0, 0.1) is 11.8 Å². The summed E-state index contributed by atoms with van der Waals surface area (Å²) in [5.41, 5.74) is 1.81. The first-order valence-electron chi connectivity index (χ1n) is 10.4. The molecule has 0 spiro atoms. The van der Waals surface area contributed by atoms with Gasteiger partial charge in [-0.15, -0.1) is 0 Å². The lowest BCUT2D eigenvalue weighted by atomic mass is 9.93. The van der Waals surface area contributed by atoms with E-state index in [4.69, 9.17) is 9.47 Å². The molecule has 2 aliphatic carbocycles. The summed E-state index contributed by atoms with van der Waals surface area (Å²) in [4.78, 5) is 27.6. The van der Waals surface area contributed by atoms with Crippen molar-refractivity contribution >= 4 is 11.9 Å². The molecule has 1 amide bonds. The van der Waals surface area contributed by atoms with Gasteiger partial charge in [0.1, 0.15) is 5.75 Å². The first-order chi connectivity index (χ1) is 13.2. The second-order valence-corrected chi connectivity index (χ2v) is 8.00. The average Bonchev–Trinajstić information content (AvgIpc) is 3.31. The number of hydrogen-bond donors (Lipinski definition) is 0. The van der Waals surface area contributed by atoms with Crippen LogP contribution >= 0.6 is 0 Å². The van der Waals surface area contributed by atoms with E-state index >= 15 is 0 Å². The van der Waals surface area contributed by atoms with Crippen LogP contribution in [0.3, 0.4) is 0 Å². The molecule has 1 heterocycles. The Balaban J connectivity index is 1.53. The van der Waals surface area contributed by atoms with Gasteiger partial charge in [0.15, 0.2) is 0 Å². The van der Waals surface area contributed by atoms with E-state index < -0.39 is 0 Å². The summed E-state index contributed by atoms with van der Waals surface area (Å²) in [7, 11) is 0. The van der Waals surface area contributed by atoms with E-state index in [1.165, 1.54) is 19.3 Å². The van der Waals surface area contributed by atoms with Gasteiger partial charge < -0.3 is 14.4 Å². The highest BCUT2D eigenvalue weighted by Gasteiger charge is 2.46. The predicted molar refractivity (Wildman–Crippen MR) is 102 cm³/mol. The van der Waals surface area contributed by atoms with Crippen molar-refractivity contribution in [2.24, 2.45) is 11.8 Å². The highest BCUT2D eigenvalue weighted by atomic mass is 16.5. The van der Waals surface area contributed by atoms with Crippen LogP contribution in [0.15, 0.2) is 18.2 Å². The molecule has 4 rings (SSSR count). The molecule has 0 saturated heterocycles. The van der Waals surface area contributed by atoms with Gasteiger partial charge in [-0.05, 0) is 43.7 Å². The summed E-state index contributed by atoms with van der Waals surface area (Å²) in [6, 6.07) is 6.16. The average molecular weight is 371 g/mol. The Morgan fingerprint density at radius 2 is 2.04 bits per heavy atom. The summed E-state index contributed by atoms with van der Waals surface area (Å²) in [6.45, 7) is 3.55. The molecule has 3 aliphatic rings. The molecular formula is C22H29NO4. The fourth-order valence-electron chi connectivity index (χ4n) is 4.57. The number of benzene rings is 1. The monoisotopic (exact) mass is 371 g/mol. The summed E-state index contributed by atoms with van der Waals surface area (Å²) in [6.07, 6.45) is 7.40. The van der Waals surface area contributed by atoms with Crippen molar-refractivity contribution in [2.45, 2.75) is 57.9 Å². The van der Waals surface area contributed by atoms with Crippen LogP contribution in [-0.4, -0.2) is 42.6 Å². The number of carbonyl (C=O) groups excluding carboxylic acids is 2. The molecular weight excluding hydrogens is 342 g/mol. The number of fused-ring (bicyclic) bond motifs is 1. The highest BCUT2D eigenvalue weighted by Crippen LogP contribution is 2.42. The Kier molecular flexibility index (Phi) is 5.37. The summed E-state index contributed by atoms with van der Waals surface area (Å²) in [5.74, 6) is 0.910. The molecule has 1 aliphatic heterocycles. The van der Waals surface area contributed by atoms with Crippen LogP contribution in [-0.2, 0) is 16.0 Å². The first-order valence-corrected chi connectivity index (χ1v) is 10.4. The second-order valence-electron chi connectivity index (χ2n) is 8.00. The van der Waals surface area contributed by atoms with Crippen molar-refractivity contribution < 1.29 is 19.1 Å². The number of nitrogens with zero attached hydrogens (tertiary/aromatic N) is 1. The first kappa shape index (κ1) is 18.3. The molecule has 0 aromatic heterocycles. The van der Waals surface area contributed by atoms with E-state index in [2.05, 4.69) is 0 Å². The smallest absolute Gasteiger partial charge is 0.309 e. The molecule has 2 unspecified atom stereocenters. The van der Waals surface area contributed by atoms with E-state index in [-0.39, 0.29) is 29.8 Å². The van der Waals surface area contributed by atoms with Gasteiger partial charge in [-0.1, -0.05) is 31.4 Å². The third kappa shape index (κ3) is 3.83. The van der Waals surface area contributed by atoms with Gasteiger partial charge in [0, 0.05) is 19.0 Å². The minimum atomic E-state index is -0.109. The minimum Gasteiger partial charge on any atom is -0.492 e. The Bertz CT molecular complexity index is 710. The van der Waals surface area contributed by atoms with Crippen LogP contribution in [0.4, 0.5) is 0 Å². The number of para-hydroxylation sites is 1. The van der Waals surface area contributed by atoms with Crippen molar-refractivity contribution in [3.8, 4) is 5.75 Å². The number of amides is 1. The largest absolute Gasteiger partial charge is 0.492 e. The normalized spacial score (nSPS) is 24.0. The van der Waals surface area contributed by atoms with Crippen LogP contribution in [0.5, 0.6) is 5.75 Å². The Morgan fingerprint density at radius 1 is 1.22 bits per heavy atom. The molecule has 2 saturated carbocycles. The topological polar surface area (TPSA) is 55.8 Å². The van der Waals surface area contributed by atoms with Gasteiger partial charge in [-0.25, -0.2) is 0 Å². The third-order valence-corrected chi connectivity index (χ3v) is 6.16. The number of esters is 1. The molecule has 2 atom stereocenters. The van der Waals surface area contributed by atoms with Crippen molar-refractivity contribution in [2.75, 3.05) is 19.8 Å². The van der Waals surface area contributed by atoms with Crippen molar-refractivity contribution in [3.05, 3.63) is 29.3 Å². The Morgan fingerprint density at radius 3 is 2.81 bits per heavy atom. The maximum Gasteiger partial charge on any atom is 0.309 e. The van der Waals surface area contributed by atoms with Gasteiger partial charge in [0.2, 0.25) is 0 Å². The molecule has 146 valence electrons. The molecule has 1 aromatic carbocycles. The third-order valence-electron chi connectivity index (χ3n) is 6.16. The van der Waals surface area contributed by atoms with E-state index in [1.54, 1.807) is 0 Å². The zero-order chi connectivity index (χ0) is 18.8. The Hall–Kier alpha value is -2.04. The SMILES string of the molecule is CCOC(=O)C1CC1CN(C(=O)c1cccc2c1OCC2)C1CCCCC1. The van der Waals surface area contributed by atoms with Gasteiger partial charge >= 0.3 is 5.97 Å². The van der Waals surface area contributed by atoms with Gasteiger partial charge in [0.05, 0.1) is 24.7 Å². The molecule has 5 nitrogen and oxygen atoms in total. The van der Waals surface area contributed by atoms with E-state index in [9.17, 15) is 9.59 Å². The quantitative estimate of drug-likeness (QED) is 0.717. The fraction of sp³-hybridized carbons (Fsp3) is 0.636. The second kappa shape index (κ2) is 7.91. The van der Waals surface area contributed by atoms with Crippen LogP contribution in [0.1, 0.15) is 61.4 Å². The zero-order valence-corrected chi connectivity index (χ0v) is 16.1. The number of ether oxygens (including phenoxy) is 2. The van der Waals surface area contributed by atoms with Gasteiger partial charge in [-0.2, -0.15) is 0 Å². The maximum absolute atomic E-state index is 13.5. The standard InChI is InChI=1S/C22H29NO4/c1-2-26-22(25)19-13-16(19)14-23(17-8-4-3-5-9-17)21(24)18-10-6-7-15-11-12-27-20(15)18/h6-7,10,16-17,19H,2-5,8-9,11-14H2,1H3. The van der Waals surface area contributed by atoms with Crippen molar-refractivity contribution in [3.63, 3.8) is 0 Å². The molecule has 0 N–H and O–H groups in total. The molecule has 0 radical (unpaired) electrons. The van der Waals surface area contributed by atoms with E-state index in [0.717, 1.165) is 37.0 Å². The lowest BCUT2D eigenvalue weighted by Crippen LogP contribution is -2.43. The lowest BCUT2D eigenvalue weighted by Gasteiger charge is -2.35. The van der Waals surface area contributed by atoms with Gasteiger partial charge in [-0.3, -0.25) is 9.59 Å². The lowest BCUT2D eigenvalue weighted by molar-refractivity contribution is -0.145. The van der Waals surface area contributed by atoms with E-state index in [0.29, 0.717) is 25.3 Å². The molecule has 1 aromatic rings. The van der Waals surface area contributed by atoms with Crippen LogP contribution < -0.4 is 4.74 Å². The molecule has 2 fully saturated rings. The number of carbonyl (C=O) groups is 2. The maximum atomic E-state index is 13.5. The molecule has 27 heavy (non-hydrogen) atoms. The molecule has 0 bridgehead atoms. The Labute approximate surface area is 161 Å². The van der Waals surface area contributed by atoms with Crippen LogP contribution in [0.2, 0.25) is 0 Å². The zero-order valence-electron chi connectivity index (χ0n) is 16.1. The fourth-order valence-corrected chi connectivity index (χ4v) is 4.57.